The predicted octanol–water partition coefficient (Wildman–Crippen LogP) is 1.97. The Balaban J connectivity index is 2.47. The number of alkyl halides is 4. The van der Waals surface area contributed by atoms with Crippen LogP contribution in [0, 0.1) is 0 Å². The van der Waals surface area contributed by atoms with Crippen LogP contribution in [0.25, 0.3) is 0 Å². The normalized spacial score (nSPS) is 43.5. The van der Waals surface area contributed by atoms with Crippen molar-refractivity contribution in [2.45, 2.75) is 23.9 Å². The molecule has 4 heteroatoms. The summed E-state index contributed by atoms with van der Waals surface area (Å²) in [7, 11) is 0. The van der Waals surface area contributed by atoms with Crippen molar-refractivity contribution in [2.75, 3.05) is 0 Å². The van der Waals surface area contributed by atoms with Crippen LogP contribution in [0.5, 0.6) is 0 Å². The average Bonchev–Trinajstić information content (AvgIpc) is 1.65. The molecule has 2 atom stereocenters. The van der Waals surface area contributed by atoms with Gasteiger partial charge in [0.05, 0.1) is 5.38 Å². The third-order valence-corrected chi connectivity index (χ3v) is 1.56. The lowest BCUT2D eigenvalue weighted by atomic mass is 9.92. The number of halogens is 4. The first-order valence-electron chi connectivity index (χ1n) is 2.20. The summed E-state index contributed by atoms with van der Waals surface area (Å²) in [5, 5.41) is -0.968. The molecule has 0 spiro atoms. The minimum absolute atomic E-state index is 0.518. The van der Waals surface area contributed by atoms with Gasteiger partial charge >= 0.3 is 0 Å². The zero-order valence-electron chi connectivity index (χ0n) is 3.87. The monoisotopic (exact) mass is 144 g/mol. The first-order chi connectivity index (χ1) is 3.54. The van der Waals surface area contributed by atoms with Crippen molar-refractivity contribution in [1.29, 1.82) is 0 Å². The van der Waals surface area contributed by atoms with E-state index in [1.807, 2.05) is 0 Å². The average molecular weight is 145 g/mol. The maximum Gasteiger partial charge on any atom is 0.281 e. The van der Waals surface area contributed by atoms with Gasteiger partial charge < -0.3 is 0 Å². The van der Waals surface area contributed by atoms with Gasteiger partial charge in [-0.15, -0.1) is 11.6 Å². The van der Waals surface area contributed by atoms with Gasteiger partial charge in [0, 0.05) is 6.42 Å². The molecule has 0 aliphatic heterocycles. The molecule has 1 aliphatic carbocycles. The van der Waals surface area contributed by atoms with Gasteiger partial charge in [-0.3, -0.25) is 0 Å². The minimum atomic E-state index is -3.15. The molecular formula is C4H4ClF3. The molecule has 0 N–H and O–H groups in total. The van der Waals surface area contributed by atoms with E-state index in [1.54, 1.807) is 0 Å². The molecule has 0 amide bonds. The summed E-state index contributed by atoms with van der Waals surface area (Å²) in [5.74, 6) is -3.15. The Morgan fingerprint density at radius 2 is 2.00 bits per heavy atom. The lowest BCUT2D eigenvalue weighted by Gasteiger charge is -2.34. The van der Waals surface area contributed by atoms with E-state index in [4.69, 9.17) is 11.6 Å². The topological polar surface area (TPSA) is 0 Å². The van der Waals surface area contributed by atoms with E-state index < -0.39 is 23.9 Å². The lowest BCUT2D eigenvalue weighted by Crippen LogP contribution is -2.50. The smallest absolute Gasteiger partial charge is 0.239 e. The van der Waals surface area contributed by atoms with Gasteiger partial charge in [0.25, 0.3) is 5.92 Å². The molecule has 0 heterocycles. The number of hydrogen-bond acceptors (Lipinski definition) is 0. The van der Waals surface area contributed by atoms with Crippen LogP contribution in [-0.4, -0.2) is 17.5 Å². The van der Waals surface area contributed by atoms with Crippen LogP contribution in [0.4, 0.5) is 13.2 Å². The van der Waals surface area contributed by atoms with Gasteiger partial charge in [0.2, 0.25) is 0 Å². The Labute approximate surface area is 49.6 Å². The van der Waals surface area contributed by atoms with E-state index in [0.29, 0.717) is 0 Å². The summed E-state index contributed by atoms with van der Waals surface area (Å²) in [6.07, 6.45) is -2.64. The highest BCUT2D eigenvalue weighted by atomic mass is 35.5. The van der Waals surface area contributed by atoms with Crippen molar-refractivity contribution in [2.24, 2.45) is 0 Å². The highest BCUT2D eigenvalue weighted by molar-refractivity contribution is 6.21. The molecule has 1 fully saturated rings. The first kappa shape index (κ1) is 6.20. The number of rotatable bonds is 0. The van der Waals surface area contributed by atoms with Crippen LogP contribution in [0.15, 0.2) is 0 Å². The fourth-order valence-corrected chi connectivity index (χ4v) is 0.970. The Bertz CT molecular complexity index is 103. The molecule has 0 saturated heterocycles. The van der Waals surface area contributed by atoms with Crippen molar-refractivity contribution in [1.82, 2.24) is 0 Å². The second kappa shape index (κ2) is 1.53. The van der Waals surface area contributed by atoms with Crippen molar-refractivity contribution < 1.29 is 13.2 Å². The van der Waals surface area contributed by atoms with Gasteiger partial charge in [-0.25, -0.2) is 13.2 Å². The molecule has 0 aromatic rings. The van der Waals surface area contributed by atoms with Crippen LogP contribution in [0.2, 0.25) is 0 Å². The third kappa shape index (κ3) is 0.690. The van der Waals surface area contributed by atoms with E-state index in [9.17, 15) is 13.2 Å². The lowest BCUT2D eigenvalue weighted by molar-refractivity contribution is -0.138. The minimum Gasteiger partial charge on any atom is -0.239 e. The Kier molecular flexibility index (Phi) is 1.19. The molecule has 1 aliphatic rings. The van der Waals surface area contributed by atoms with E-state index in [1.165, 1.54) is 0 Å². The van der Waals surface area contributed by atoms with Gasteiger partial charge in [-0.05, 0) is 0 Å². The summed E-state index contributed by atoms with van der Waals surface area (Å²) in [5.41, 5.74) is 0. The first-order valence-corrected chi connectivity index (χ1v) is 2.63. The SMILES string of the molecule is F[C@H]1[C@@H](Cl)CC1(F)F. The largest absolute Gasteiger partial charge is 0.281 e. The van der Waals surface area contributed by atoms with Crippen molar-refractivity contribution in [3.63, 3.8) is 0 Å². The maximum atomic E-state index is 11.8. The molecule has 1 rings (SSSR count). The second-order valence-electron chi connectivity index (χ2n) is 1.88. The van der Waals surface area contributed by atoms with E-state index in [2.05, 4.69) is 0 Å². The van der Waals surface area contributed by atoms with Crippen molar-refractivity contribution >= 4 is 11.6 Å². The standard InChI is InChI=1S/C4H4ClF3/c5-2-1-4(7,8)3(2)6/h2-3H,1H2/t2-,3-/m0/s1. The summed E-state index contributed by atoms with van der Waals surface area (Å²) < 4.78 is 35.3. The van der Waals surface area contributed by atoms with E-state index in [-0.39, 0.29) is 0 Å². The molecule has 0 aromatic carbocycles. The fourth-order valence-electron chi connectivity index (χ4n) is 0.580. The maximum absolute atomic E-state index is 11.8. The molecule has 0 radical (unpaired) electrons. The van der Waals surface area contributed by atoms with Crippen LogP contribution in [-0.2, 0) is 0 Å². The van der Waals surface area contributed by atoms with Crippen molar-refractivity contribution in [3.05, 3.63) is 0 Å². The van der Waals surface area contributed by atoms with Crippen LogP contribution in [0.1, 0.15) is 6.42 Å². The van der Waals surface area contributed by atoms with Crippen molar-refractivity contribution in [3.8, 4) is 0 Å². The summed E-state index contributed by atoms with van der Waals surface area (Å²) >= 11 is 5.03. The molecule has 1 saturated carbocycles. The van der Waals surface area contributed by atoms with Crippen LogP contribution >= 0.6 is 11.6 Å². The van der Waals surface area contributed by atoms with Gasteiger partial charge in [0.1, 0.15) is 0 Å². The Morgan fingerprint density at radius 1 is 1.50 bits per heavy atom. The summed E-state index contributed by atoms with van der Waals surface area (Å²) in [6.45, 7) is 0. The quantitative estimate of drug-likeness (QED) is 0.456. The van der Waals surface area contributed by atoms with Gasteiger partial charge in [-0.1, -0.05) is 0 Å². The van der Waals surface area contributed by atoms with Crippen LogP contribution < -0.4 is 0 Å². The second-order valence-corrected chi connectivity index (χ2v) is 2.44. The van der Waals surface area contributed by atoms with Crippen LogP contribution in [0.3, 0.4) is 0 Å². The Morgan fingerprint density at radius 3 is 2.00 bits per heavy atom. The molecule has 0 nitrogen and oxygen atoms in total. The molecule has 0 bridgehead atoms. The zero-order chi connectivity index (χ0) is 6.36. The third-order valence-electron chi connectivity index (χ3n) is 1.19. The summed E-state index contributed by atoms with van der Waals surface area (Å²) in [6, 6.07) is 0. The molecule has 48 valence electrons. The highest BCUT2D eigenvalue weighted by Gasteiger charge is 2.56. The molecule has 0 unspecified atom stereocenters. The summed E-state index contributed by atoms with van der Waals surface area (Å²) in [4.78, 5) is 0. The molecular weight excluding hydrogens is 140 g/mol. The number of hydrogen-bond donors (Lipinski definition) is 0. The van der Waals surface area contributed by atoms with Gasteiger partial charge in [0.15, 0.2) is 6.17 Å². The molecule has 0 aromatic heterocycles. The predicted molar refractivity (Wildman–Crippen MR) is 24.1 cm³/mol. The zero-order valence-corrected chi connectivity index (χ0v) is 4.63. The fraction of sp³-hybridized carbons (Fsp3) is 1.00. The molecule has 8 heavy (non-hydrogen) atoms. The van der Waals surface area contributed by atoms with E-state index >= 15 is 0 Å². The Hall–Kier alpha value is 0.0800. The van der Waals surface area contributed by atoms with Gasteiger partial charge in [-0.2, -0.15) is 0 Å². The highest BCUT2D eigenvalue weighted by Crippen LogP contribution is 2.43. The van der Waals surface area contributed by atoms with E-state index in [0.717, 1.165) is 0 Å².